The van der Waals surface area contributed by atoms with Crippen molar-refractivity contribution >= 4 is 43.2 Å². The Kier molecular flexibility index (Phi) is 20.6. The van der Waals surface area contributed by atoms with Crippen molar-refractivity contribution in [2.45, 2.75) is 0 Å². The van der Waals surface area contributed by atoms with Gasteiger partial charge in [0.1, 0.15) is 0 Å². The van der Waals surface area contributed by atoms with Crippen LogP contribution in [0, 0.1) is 0 Å². The van der Waals surface area contributed by atoms with Crippen LogP contribution in [0.15, 0.2) is 0 Å². The van der Waals surface area contributed by atoms with E-state index in [-0.39, 0.29) is 25.9 Å². The predicted octanol–water partition coefficient (Wildman–Crippen LogP) is 1.22. The zero-order valence-corrected chi connectivity index (χ0v) is 5.63. The van der Waals surface area contributed by atoms with Gasteiger partial charge in [0, 0.05) is 0 Å². The van der Waals surface area contributed by atoms with Crippen molar-refractivity contribution in [1.29, 1.82) is 0 Å². The first-order valence-electron chi connectivity index (χ1n) is 0.228. The van der Waals surface area contributed by atoms with Gasteiger partial charge in [0.05, 0.1) is 0 Å². The summed E-state index contributed by atoms with van der Waals surface area (Å²) in [4.78, 5) is 0. The van der Waals surface area contributed by atoms with E-state index >= 15 is 0 Å². The fourth-order valence-electron chi connectivity index (χ4n) is 0. The summed E-state index contributed by atoms with van der Waals surface area (Å²) in [5.41, 5.74) is 0. The minimum Gasteiger partial charge on any atom is -1.00 e. The van der Waals surface area contributed by atoms with Gasteiger partial charge in [-0.15, -0.1) is 0 Å². The Morgan fingerprint density at radius 3 is 1.50 bits per heavy atom. The second kappa shape index (κ2) is 8.85. The molecule has 0 heterocycles. The second-order valence-corrected chi connectivity index (χ2v) is 1.60. The summed E-state index contributed by atoms with van der Waals surface area (Å²) in [6.45, 7) is 0. The van der Waals surface area contributed by atoms with E-state index in [1.165, 1.54) is 0 Å². The van der Waals surface area contributed by atoms with Crippen LogP contribution in [-0.4, -0.2) is 23.1 Å². The van der Waals surface area contributed by atoms with E-state index < -0.39 is 0 Å². The minimum absolute atomic E-state index is 0. The molecule has 0 rings (SSSR count). The van der Waals surface area contributed by atoms with Gasteiger partial charge in [0.2, 0.25) is 0 Å². The van der Waals surface area contributed by atoms with Crippen LogP contribution in [0.2, 0.25) is 0 Å². The largest absolute Gasteiger partial charge is 2.00 e. The van der Waals surface area contributed by atoms with Crippen molar-refractivity contribution in [1.82, 2.24) is 0 Å². The van der Waals surface area contributed by atoms with Gasteiger partial charge in [-0.3, -0.25) is 0 Å². The summed E-state index contributed by atoms with van der Waals surface area (Å²) < 4.78 is 0. The average Bonchev–Trinajstić information content (AvgIpc) is 0.918. The molecule has 29 valence electrons. The number of halogens is 2. The van der Waals surface area contributed by atoms with Crippen LogP contribution in [0.4, 0.5) is 0 Å². The van der Waals surface area contributed by atoms with Gasteiger partial charge >= 0.3 is 56.4 Å². The molecule has 0 amide bonds. The Morgan fingerprint density at radius 2 is 1.50 bits per heavy atom. The molecule has 0 unspecified atom stereocenters. The molecule has 0 saturated carbocycles. The second-order valence-electron chi connectivity index (χ2n) is 0.0431. The molecule has 0 atom stereocenters. The van der Waals surface area contributed by atoms with E-state index in [9.17, 15) is 0 Å². The van der Waals surface area contributed by atoms with Gasteiger partial charge in [-0.25, -0.2) is 0 Å². The Labute approximate surface area is 59.0 Å². The van der Waals surface area contributed by atoms with Crippen LogP contribution in [0.3, 0.4) is 0 Å². The summed E-state index contributed by atoms with van der Waals surface area (Å²) >= 11 is 0.757. The quantitative estimate of drug-likeness (QED) is 0.468. The van der Waals surface area contributed by atoms with Crippen molar-refractivity contribution < 1.29 is 16.0 Å². The topological polar surface area (TPSA) is 0 Å². The summed E-state index contributed by atoms with van der Waals surface area (Å²) in [7, 11) is 9.34. The Balaban J connectivity index is -0.00000000667. The normalized spacial score (nSPS) is 5.50. The van der Waals surface area contributed by atoms with Crippen molar-refractivity contribution in [3.8, 4) is 0 Å². The van der Waals surface area contributed by atoms with E-state index in [2.05, 4.69) is 20.2 Å². The number of hydrogen-bond donors (Lipinski definition) is 0. The fraction of sp³-hybridized carbons (Fsp3) is 0. The molecular weight excluding hydrogens is 159 g/mol. The maximum atomic E-state index is 4.67. The number of rotatable bonds is 0. The van der Waals surface area contributed by atoms with Gasteiger partial charge in [0.25, 0.3) is 0 Å². The summed E-state index contributed by atoms with van der Waals surface area (Å²) in [6, 6.07) is 0. The van der Waals surface area contributed by atoms with Gasteiger partial charge in [-0.1, -0.05) is 0 Å². The third-order valence-electron chi connectivity index (χ3n) is 0. The maximum Gasteiger partial charge on any atom is 2.00 e. The molecule has 0 aromatic rings. The first-order chi connectivity index (χ1) is 1.41. The first-order valence-corrected chi connectivity index (χ1v) is 2.82. The predicted molar refractivity (Wildman–Crippen MR) is 19.7 cm³/mol. The Morgan fingerprint density at radius 1 is 1.50 bits per heavy atom. The van der Waals surface area contributed by atoms with Crippen LogP contribution < -0.4 is 0 Å². The average molecular weight is 161 g/mol. The van der Waals surface area contributed by atoms with Crippen LogP contribution in [0.25, 0.3) is 0 Å². The van der Waals surface area contributed by atoms with Crippen molar-refractivity contribution in [3.63, 3.8) is 0 Å². The molecule has 0 aliphatic carbocycles. The van der Waals surface area contributed by atoms with E-state index in [4.69, 9.17) is 0 Å². The molecule has 0 aliphatic rings. The third kappa shape index (κ3) is 9.12. The Hall–Kier alpha value is 1.87. The van der Waals surface area contributed by atoms with Crippen molar-refractivity contribution in [3.05, 3.63) is 0 Å². The van der Waals surface area contributed by atoms with Crippen molar-refractivity contribution in [2.24, 2.45) is 0 Å². The van der Waals surface area contributed by atoms with Gasteiger partial charge in [-0.2, -0.15) is 0 Å². The van der Waals surface area contributed by atoms with Crippen LogP contribution >= 0.6 is 20.2 Å². The van der Waals surface area contributed by atoms with Gasteiger partial charge < -0.3 is 2.85 Å². The molecular formula is H2Cl2CuMg. The zero-order valence-electron chi connectivity index (χ0n) is 3.76. The van der Waals surface area contributed by atoms with Crippen LogP contribution in [-0.2, 0) is 13.1 Å². The van der Waals surface area contributed by atoms with E-state index in [1.807, 2.05) is 0 Å². The SMILES string of the molecule is [Cl][Cu][Cl].[H-].[H-].[Mg+2]. The van der Waals surface area contributed by atoms with E-state index in [0.717, 1.165) is 13.1 Å². The molecule has 4 heteroatoms. The minimum atomic E-state index is 0. The van der Waals surface area contributed by atoms with Crippen molar-refractivity contribution in [2.75, 3.05) is 0 Å². The molecule has 0 bridgehead atoms. The standard InChI is InChI=1S/2ClH.Cu.Mg.2H/h2*1H;;;;/q;;2*+2;2*-1/p-2. The summed E-state index contributed by atoms with van der Waals surface area (Å²) in [5, 5.41) is 0. The van der Waals surface area contributed by atoms with E-state index in [0.29, 0.717) is 0 Å². The summed E-state index contributed by atoms with van der Waals surface area (Å²) in [6.07, 6.45) is 0. The molecule has 4 heavy (non-hydrogen) atoms. The fourth-order valence-corrected chi connectivity index (χ4v) is 0. The molecule has 0 nitrogen and oxygen atoms in total. The molecule has 0 aromatic heterocycles. The molecule has 0 saturated heterocycles. The molecule has 0 fully saturated rings. The first kappa shape index (κ1) is 9.29. The molecule has 0 spiro atoms. The molecule has 0 N–H and O–H groups in total. The monoisotopic (exact) mass is 159 g/mol. The van der Waals surface area contributed by atoms with Gasteiger partial charge in [0.15, 0.2) is 0 Å². The molecule has 0 aromatic carbocycles. The third-order valence-corrected chi connectivity index (χ3v) is 0. The molecule has 0 aliphatic heterocycles. The van der Waals surface area contributed by atoms with E-state index in [1.54, 1.807) is 0 Å². The summed E-state index contributed by atoms with van der Waals surface area (Å²) in [5.74, 6) is 0. The number of hydrogen-bond acceptors (Lipinski definition) is 0. The molecule has 0 radical (unpaired) electrons. The van der Waals surface area contributed by atoms with Crippen LogP contribution in [0.1, 0.15) is 2.85 Å². The Bertz CT molecular complexity index is 11.5. The smallest absolute Gasteiger partial charge is 1.00 e. The maximum absolute atomic E-state index is 4.67. The zero-order chi connectivity index (χ0) is 2.71. The van der Waals surface area contributed by atoms with Gasteiger partial charge in [-0.05, 0) is 0 Å². The van der Waals surface area contributed by atoms with Crippen LogP contribution in [0.5, 0.6) is 0 Å².